The van der Waals surface area contributed by atoms with E-state index in [-0.39, 0.29) is 6.29 Å². The van der Waals surface area contributed by atoms with E-state index >= 15 is 0 Å². The topological polar surface area (TPSA) is 60.5 Å². The van der Waals surface area contributed by atoms with E-state index in [4.69, 9.17) is 18.9 Å². The highest BCUT2D eigenvalue weighted by Gasteiger charge is 2.19. The Morgan fingerprint density at radius 1 is 0.564 bits per heavy atom. The first-order valence-electron chi connectivity index (χ1n) is 13.7. The van der Waals surface area contributed by atoms with Crippen LogP contribution < -0.4 is 9.80 Å². The number of nitrogens with zero attached hydrogens (tertiary/aromatic N) is 2. The van der Waals surface area contributed by atoms with Gasteiger partial charge in [-0.2, -0.15) is 0 Å². The zero-order valence-electron chi connectivity index (χ0n) is 22.1. The highest BCUT2D eigenvalue weighted by molar-refractivity contribution is 5.91. The van der Waals surface area contributed by atoms with Crippen LogP contribution in [0.4, 0.5) is 11.4 Å². The summed E-state index contributed by atoms with van der Waals surface area (Å²) in [6.07, 6.45) is 0.684. The summed E-state index contributed by atoms with van der Waals surface area (Å²) < 4.78 is 21.9. The number of hydrogen-bond donors (Lipinski definition) is 0. The molecule has 7 nitrogen and oxygen atoms in total. The average molecular weight is 527 g/mol. The maximum atomic E-state index is 10.7. The lowest BCUT2D eigenvalue weighted by atomic mass is 10.1. The van der Waals surface area contributed by atoms with Crippen LogP contribution in [0.25, 0.3) is 21.5 Å². The second-order valence-electron chi connectivity index (χ2n) is 9.97. The van der Waals surface area contributed by atoms with Crippen LogP contribution in [0, 0.1) is 0 Å². The van der Waals surface area contributed by atoms with Crippen molar-refractivity contribution in [3.05, 3.63) is 83.9 Å². The van der Waals surface area contributed by atoms with E-state index in [1.807, 2.05) is 18.2 Å². The first kappa shape index (κ1) is 25.8. The molecule has 0 N–H and O–H groups in total. The third-order valence-corrected chi connectivity index (χ3v) is 7.48. The van der Waals surface area contributed by atoms with E-state index in [0.29, 0.717) is 13.2 Å². The van der Waals surface area contributed by atoms with Crippen LogP contribution in [0.5, 0.6) is 0 Å². The fourth-order valence-corrected chi connectivity index (χ4v) is 5.31. The van der Waals surface area contributed by atoms with Crippen LogP contribution in [-0.2, 0) is 18.9 Å². The van der Waals surface area contributed by atoms with Gasteiger partial charge < -0.3 is 28.7 Å². The standard InChI is InChI=1S/C17H19NO3.C15H15NO2/c1-2-15(17-20-9-10-21-17)11-13-3-4-16(12-14(1)13)18-5-7-19-8-6-18;17-11-12-1-2-14-10-15(4-3-13(14)9-12)16-5-7-18-8-6-16/h1-4,11-12,17H,5-10H2;1-4,9-11H,5-8H2. The lowest BCUT2D eigenvalue weighted by Gasteiger charge is -2.29. The number of hydrogen-bond acceptors (Lipinski definition) is 7. The fraction of sp³-hybridized carbons (Fsp3) is 0.344. The Kier molecular flexibility index (Phi) is 8.02. The average Bonchev–Trinajstić information content (AvgIpc) is 3.57. The van der Waals surface area contributed by atoms with Crippen LogP contribution in [0.3, 0.4) is 0 Å². The van der Waals surface area contributed by atoms with Gasteiger partial charge in [-0.25, -0.2) is 0 Å². The molecule has 0 amide bonds. The Labute approximate surface area is 228 Å². The summed E-state index contributed by atoms with van der Waals surface area (Å²) in [7, 11) is 0. The molecule has 3 fully saturated rings. The number of anilines is 2. The van der Waals surface area contributed by atoms with Gasteiger partial charge in [0.15, 0.2) is 6.29 Å². The van der Waals surface area contributed by atoms with E-state index in [2.05, 4.69) is 64.4 Å². The van der Waals surface area contributed by atoms with Crippen molar-refractivity contribution in [3.8, 4) is 0 Å². The zero-order valence-corrected chi connectivity index (χ0v) is 22.1. The molecule has 0 spiro atoms. The number of morpholine rings is 2. The monoisotopic (exact) mass is 526 g/mol. The van der Waals surface area contributed by atoms with Crippen molar-refractivity contribution in [2.45, 2.75) is 6.29 Å². The Hall–Kier alpha value is -3.49. The summed E-state index contributed by atoms with van der Waals surface area (Å²) in [5, 5.41) is 4.76. The molecule has 3 aliphatic rings. The van der Waals surface area contributed by atoms with Crippen LogP contribution >= 0.6 is 0 Å². The van der Waals surface area contributed by atoms with Crippen LogP contribution in [0.2, 0.25) is 0 Å². The van der Waals surface area contributed by atoms with Crippen LogP contribution in [0.1, 0.15) is 22.2 Å². The third kappa shape index (κ3) is 6.07. The highest BCUT2D eigenvalue weighted by atomic mass is 16.7. The van der Waals surface area contributed by atoms with Gasteiger partial charge in [-0.05, 0) is 57.9 Å². The third-order valence-electron chi connectivity index (χ3n) is 7.48. The van der Waals surface area contributed by atoms with Crippen molar-refractivity contribution >= 4 is 39.2 Å². The highest BCUT2D eigenvalue weighted by Crippen LogP contribution is 2.29. The van der Waals surface area contributed by atoms with Gasteiger partial charge >= 0.3 is 0 Å². The van der Waals surface area contributed by atoms with E-state index in [9.17, 15) is 4.79 Å². The van der Waals surface area contributed by atoms with Gasteiger partial charge in [-0.15, -0.1) is 0 Å². The van der Waals surface area contributed by atoms with Crippen molar-refractivity contribution in [3.63, 3.8) is 0 Å². The van der Waals surface area contributed by atoms with E-state index < -0.39 is 0 Å². The van der Waals surface area contributed by atoms with Crippen molar-refractivity contribution < 1.29 is 23.7 Å². The normalized spacial score (nSPS) is 18.3. The molecule has 0 unspecified atom stereocenters. The molecule has 4 aromatic carbocycles. The van der Waals surface area contributed by atoms with Crippen LogP contribution in [0.15, 0.2) is 72.8 Å². The molecule has 3 saturated heterocycles. The van der Waals surface area contributed by atoms with E-state index in [1.54, 1.807) is 0 Å². The number of ether oxygens (including phenoxy) is 4. The number of aldehydes is 1. The predicted molar refractivity (Wildman–Crippen MR) is 154 cm³/mol. The number of carbonyl (C=O) groups excluding carboxylic acids is 1. The Morgan fingerprint density at radius 2 is 1.05 bits per heavy atom. The minimum atomic E-state index is -0.201. The second-order valence-corrected chi connectivity index (χ2v) is 9.97. The number of carbonyl (C=O) groups is 1. The quantitative estimate of drug-likeness (QED) is 0.338. The first-order valence-corrected chi connectivity index (χ1v) is 13.7. The molecule has 0 saturated carbocycles. The summed E-state index contributed by atoms with van der Waals surface area (Å²) in [6, 6.07) is 25.2. The Bertz CT molecular complexity index is 1420. The molecule has 0 radical (unpaired) electrons. The number of fused-ring (bicyclic) bond motifs is 2. The molecular formula is C32H34N2O5. The molecule has 7 rings (SSSR count). The number of rotatable bonds is 4. The zero-order chi connectivity index (χ0) is 26.4. The van der Waals surface area contributed by atoms with E-state index in [0.717, 1.165) is 75.4 Å². The first-order chi connectivity index (χ1) is 19.3. The summed E-state index contributed by atoms with van der Waals surface area (Å²) in [4.78, 5) is 15.4. The van der Waals surface area contributed by atoms with Gasteiger partial charge in [0, 0.05) is 48.7 Å². The van der Waals surface area contributed by atoms with Gasteiger partial charge in [-0.3, -0.25) is 4.79 Å². The maximum Gasteiger partial charge on any atom is 0.184 e. The molecule has 0 bridgehead atoms. The molecule has 0 aliphatic carbocycles. The van der Waals surface area contributed by atoms with Crippen molar-refractivity contribution in [2.24, 2.45) is 0 Å². The minimum absolute atomic E-state index is 0.201. The van der Waals surface area contributed by atoms with Gasteiger partial charge in [0.2, 0.25) is 0 Å². The lowest BCUT2D eigenvalue weighted by Crippen LogP contribution is -2.36. The smallest absolute Gasteiger partial charge is 0.184 e. The molecule has 3 aliphatic heterocycles. The van der Waals surface area contributed by atoms with Gasteiger partial charge in [0.05, 0.1) is 39.6 Å². The van der Waals surface area contributed by atoms with Gasteiger partial charge in [0.25, 0.3) is 0 Å². The Balaban J connectivity index is 0.000000144. The molecule has 202 valence electrons. The second kappa shape index (κ2) is 12.1. The summed E-state index contributed by atoms with van der Waals surface area (Å²) in [5.74, 6) is 0. The molecule has 39 heavy (non-hydrogen) atoms. The number of benzene rings is 4. The maximum absolute atomic E-state index is 10.7. The van der Waals surface area contributed by atoms with E-state index in [1.165, 1.54) is 27.5 Å². The molecule has 0 atom stereocenters. The minimum Gasteiger partial charge on any atom is -0.378 e. The van der Waals surface area contributed by atoms with Crippen molar-refractivity contribution in [1.82, 2.24) is 0 Å². The summed E-state index contributed by atoms with van der Waals surface area (Å²) in [5.41, 5.74) is 4.32. The van der Waals surface area contributed by atoms with Gasteiger partial charge in [-0.1, -0.05) is 36.4 Å². The molecule has 0 aromatic heterocycles. The largest absolute Gasteiger partial charge is 0.378 e. The summed E-state index contributed by atoms with van der Waals surface area (Å²) in [6.45, 7) is 8.39. The SMILES string of the molecule is O=Cc1ccc2cc(N3CCOCC3)ccc2c1.c1cc2cc(N3CCOCC3)ccc2cc1C1OCCO1. The predicted octanol–water partition coefficient (Wildman–Crippen LogP) is 5.21. The summed E-state index contributed by atoms with van der Waals surface area (Å²) >= 11 is 0. The molecule has 7 heteroatoms. The lowest BCUT2D eigenvalue weighted by molar-refractivity contribution is -0.0440. The van der Waals surface area contributed by atoms with Crippen LogP contribution in [-0.4, -0.2) is 72.1 Å². The fourth-order valence-electron chi connectivity index (χ4n) is 5.31. The Morgan fingerprint density at radius 3 is 1.62 bits per heavy atom. The molecular weight excluding hydrogens is 492 g/mol. The molecule has 3 heterocycles. The molecule has 4 aromatic rings. The van der Waals surface area contributed by atoms with Crippen molar-refractivity contribution in [2.75, 3.05) is 75.6 Å². The van der Waals surface area contributed by atoms with Crippen molar-refractivity contribution in [1.29, 1.82) is 0 Å². The van der Waals surface area contributed by atoms with Gasteiger partial charge in [0.1, 0.15) is 6.29 Å².